The van der Waals surface area contributed by atoms with Crippen LogP contribution in [0.25, 0.3) is 0 Å². The highest BCUT2D eigenvalue weighted by Gasteiger charge is 2.31. The minimum absolute atomic E-state index is 0.0421. The molecule has 1 aromatic rings. The Morgan fingerprint density at radius 1 is 1.52 bits per heavy atom. The quantitative estimate of drug-likeness (QED) is 0.803. The Hall–Kier alpha value is -1.48. The number of aromatic nitrogens is 3. The van der Waals surface area contributed by atoms with E-state index in [0.29, 0.717) is 13.1 Å². The fourth-order valence-corrected chi connectivity index (χ4v) is 4.18. The molecule has 0 saturated carbocycles. The van der Waals surface area contributed by atoms with Crippen molar-refractivity contribution in [2.45, 2.75) is 31.6 Å². The van der Waals surface area contributed by atoms with Crippen LogP contribution in [-0.2, 0) is 21.9 Å². The maximum atomic E-state index is 12.3. The molecule has 0 spiro atoms. The third-order valence-electron chi connectivity index (χ3n) is 3.68. The van der Waals surface area contributed by atoms with Crippen LogP contribution in [0.5, 0.6) is 0 Å². The van der Waals surface area contributed by atoms with E-state index in [1.807, 2.05) is 11.6 Å². The first-order valence-corrected chi connectivity index (χ1v) is 8.54. The van der Waals surface area contributed by atoms with Crippen LogP contribution >= 0.6 is 0 Å². The number of hydrogen-bond acceptors (Lipinski definition) is 5. The lowest BCUT2D eigenvalue weighted by atomic mass is 9.99. The molecule has 1 N–H and O–H groups in total. The van der Waals surface area contributed by atoms with E-state index in [4.69, 9.17) is 5.11 Å². The molecule has 1 aliphatic rings. The Morgan fingerprint density at radius 3 is 2.90 bits per heavy atom. The first-order chi connectivity index (χ1) is 9.90. The van der Waals surface area contributed by atoms with Gasteiger partial charge in [0.05, 0.1) is 5.75 Å². The summed E-state index contributed by atoms with van der Waals surface area (Å²) < 4.78 is 27.8. The van der Waals surface area contributed by atoms with Crippen LogP contribution in [0.1, 0.15) is 37.4 Å². The average molecular weight is 316 g/mol. The van der Waals surface area contributed by atoms with E-state index >= 15 is 0 Å². The van der Waals surface area contributed by atoms with Gasteiger partial charge in [-0.3, -0.25) is 4.79 Å². The van der Waals surface area contributed by atoms with Gasteiger partial charge in [-0.15, -0.1) is 10.2 Å². The molecular formula is C12H20N4O4S. The van der Waals surface area contributed by atoms with Gasteiger partial charge in [0.2, 0.25) is 10.0 Å². The van der Waals surface area contributed by atoms with Gasteiger partial charge in [-0.05, 0) is 19.3 Å². The SMILES string of the molecule is Cn1cnnc1C1CCCN(S(=O)(=O)CCCC(=O)O)C1. The molecule has 1 unspecified atom stereocenters. The van der Waals surface area contributed by atoms with Gasteiger partial charge < -0.3 is 9.67 Å². The number of hydrogen-bond donors (Lipinski definition) is 1. The molecule has 0 bridgehead atoms. The first kappa shape index (κ1) is 15.9. The van der Waals surface area contributed by atoms with Crippen molar-refractivity contribution in [3.05, 3.63) is 12.2 Å². The van der Waals surface area contributed by atoms with Gasteiger partial charge in [0.1, 0.15) is 12.2 Å². The molecule has 0 aromatic carbocycles. The van der Waals surface area contributed by atoms with E-state index in [1.54, 1.807) is 6.33 Å². The van der Waals surface area contributed by atoms with Crippen LogP contribution in [0.2, 0.25) is 0 Å². The molecule has 2 rings (SSSR count). The molecule has 2 heterocycles. The number of piperidine rings is 1. The molecule has 1 atom stereocenters. The topological polar surface area (TPSA) is 105 Å². The Labute approximate surface area is 123 Å². The lowest BCUT2D eigenvalue weighted by Gasteiger charge is -2.31. The largest absolute Gasteiger partial charge is 0.481 e. The summed E-state index contributed by atoms with van der Waals surface area (Å²) in [6.07, 6.45) is 3.28. The van der Waals surface area contributed by atoms with Crippen LogP contribution in [0.15, 0.2) is 6.33 Å². The number of carboxylic acid groups (broad SMARTS) is 1. The van der Waals surface area contributed by atoms with Crippen LogP contribution < -0.4 is 0 Å². The van der Waals surface area contributed by atoms with E-state index in [2.05, 4.69) is 10.2 Å². The van der Waals surface area contributed by atoms with Gasteiger partial charge in [-0.25, -0.2) is 12.7 Å². The van der Waals surface area contributed by atoms with E-state index in [1.165, 1.54) is 4.31 Å². The molecule has 1 saturated heterocycles. The summed E-state index contributed by atoms with van der Waals surface area (Å²) in [7, 11) is -1.56. The highest BCUT2D eigenvalue weighted by Crippen LogP contribution is 2.26. The van der Waals surface area contributed by atoms with Crippen LogP contribution in [0.4, 0.5) is 0 Å². The summed E-state index contributed by atoms with van der Waals surface area (Å²) >= 11 is 0. The summed E-state index contributed by atoms with van der Waals surface area (Å²) in [5, 5.41) is 16.5. The van der Waals surface area contributed by atoms with Gasteiger partial charge in [0, 0.05) is 32.5 Å². The zero-order chi connectivity index (χ0) is 15.5. The van der Waals surface area contributed by atoms with E-state index in [-0.39, 0.29) is 24.5 Å². The van der Waals surface area contributed by atoms with Crippen molar-refractivity contribution < 1.29 is 18.3 Å². The number of aliphatic carboxylic acids is 1. The van der Waals surface area contributed by atoms with Crippen LogP contribution in [-0.4, -0.2) is 57.4 Å². The Morgan fingerprint density at radius 2 is 2.29 bits per heavy atom. The van der Waals surface area contributed by atoms with Gasteiger partial charge in [0.15, 0.2) is 0 Å². The predicted molar refractivity (Wildman–Crippen MR) is 75.2 cm³/mol. The van der Waals surface area contributed by atoms with Crippen LogP contribution in [0.3, 0.4) is 0 Å². The number of nitrogens with zero attached hydrogens (tertiary/aromatic N) is 4. The van der Waals surface area contributed by atoms with E-state index < -0.39 is 16.0 Å². The van der Waals surface area contributed by atoms with Gasteiger partial charge in [-0.1, -0.05) is 0 Å². The summed E-state index contributed by atoms with van der Waals surface area (Å²) in [5.41, 5.74) is 0. The fraction of sp³-hybridized carbons (Fsp3) is 0.750. The Bertz CT molecular complexity index is 598. The second-order valence-corrected chi connectivity index (χ2v) is 7.40. The monoisotopic (exact) mass is 316 g/mol. The van der Waals surface area contributed by atoms with E-state index in [0.717, 1.165) is 18.7 Å². The molecule has 1 aliphatic heterocycles. The van der Waals surface area contributed by atoms with E-state index in [9.17, 15) is 13.2 Å². The van der Waals surface area contributed by atoms with Crippen molar-refractivity contribution >= 4 is 16.0 Å². The zero-order valence-electron chi connectivity index (χ0n) is 12.0. The smallest absolute Gasteiger partial charge is 0.303 e. The highest BCUT2D eigenvalue weighted by molar-refractivity contribution is 7.89. The van der Waals surface area contributed by atoms with Gasteiger partial charge in [-0.2, -0.15) is 0 Å². The highest BCUT2D eigenvalue weighted by atomic mass is 32.2. The summed E-state index contributed by atoms with van der Waals surface area (Å²) in [5.74, 6) is -0.257. The van der Waals surface area contributed by atoms with Crippen molar-refractivity contribution in [1.82, 2.24) is 19.1 Å². The van der Waals surface area contributed by atoms with Crippen LogP contribution in [0, 0.1) is 0 Å². The number of rotatable bonds is 6. The molecule has 0 amide bonds. The third-order valence-corrected chi connectivity index (χ3v) is 5.61. The van der Waals surface area contributed by atoms with Crippen molar-refractivity contribution in [3.8, 4) is 0 Å². The lowest BCUT2D eigenvalue weighted by Crippen LogP contribution is -2.40. The molecule has 1 fully saturated rings. The Kier molecular flexibility index (Phi) is 4.94. The molecule has 0 aliphatic carbocycles. The lowest BCUT2D eigenvalue weighted by molar-refractivity contribution is -0.137. The van der Waals surface area contributed by atoms with Crippen molar-refractivity contribution in [2.24, 2.45) is 7.05 Å². The number of aryl methyl sites for hydroxylation is 1. The summed E-state index contributed by atoms with van der Waals surface area (Å²) in [6.45, 7) is 0.881. The molecule has 9 heteroatoms. The third kappa shape index (κ3) is 4.01. The Balaban J connectivity index is 2.00. The summed E-state index contributed by atoms with van der Waals surface area (Å²) in [6, 6.07) is 0. The molecule has 21 heavy (non-hydrogen) atoms. The van der Waals surface area contributed by atoms with Gasteiger partial charge >= 0.3 is 5.97 Å². The second kappa shape index (κ2) is 6.52. The van der Waals surface area contributed by atoms with Gasteiger partial charge in [0.25, 0.3) is 0 Å². The minimum atomic E-state index is -3.40. The standard InChI is InChI=1S/C12H20N4O4S/c1-15-9-13-14-12(15)10-4-2-6-16(8-10)21(19,20)7-3-5-11(17)18/h9-10H,2-8H2,1H3,(H,17,18). The minimum Gasteiger partial charge on any atom is -0.481 e. The first-order valence-electron chi connectivity index (χ1n) is 6.93. The maximum Gasteiger partial charge on any atom is 0.303 e. The molecule has 0 radical (unpaired) electrons. The normalized spacial score (nSPS) is 20.5. The summed E-state index contributed by atoms with van der Waals surface area (Å²) in [4.78, 5) is 10.5. The maximum absolute atomic E-state index is 12.3. The molecular weight excluding hydrogens is 296 g/mol. The van der Waals surface area contributed by atoms with Crippen molar-refractivity contribution in [2.75, 3.05) is 18.8 Å². The number of sulfonamides is 1. The zero-order valence-corrected chi connectivity index (χ0v) is 12.8. The number of carbonyl (C=O) groups is 1. The molecule has 1 aromatic heterocycles. The fourth-order valence-electron chi connectivity index (χ4n) is 2.60. The number of carboxylic acids is 1. The van der Waals surface area contributed by atoms with Crippen molar-refractivity contribution in [1.29, 1.82) is 0 Å². The van der Waals surface area contributed by atoms with Crippen molar-refractivity contribution in [3.63, 3.8) is 0 Å². The average Bonchev–Trinajstić information content (AvgIpc) is 2.84. The molecule has 8 nitrogen and oxygen atoms in total. The molecule has 118 valence electrons. The predicted octanol–water partition coefficient (Wildman–Crippen LogP) is 0.189. The second-order valence-electron chi connectivity index (χ2n) is 5.31.